The number of rotatable bonds is 9. The summed E-state index contributed by atoms with van der Waals surface area (Å²) in [5.41, 5.74) is 0. The molecule has 0 spiro atoms. The topological polar surface area (TPSA) is 12.5 Å². The molecule has 0 aliphatic carbocycles. The van der Waals surface area contributed by atoms with Crippen LogP contribution in [0.4, 0.5) is 0 Å². The summed E-state index contributed by atoms with van der Waals surface area (Å²) in [4.78, 5) is 0. The van der Waals surface area contributed by atoms with Crippen LogP contribution in [-0.2, 0) is 4.43 Å². The van der Waals surface area contributed by atoms with Crippen LogP contribution in [-0.4, -0.2) is 42.2 Å². The molecule has 0 heterocycles. The van der Waals surface area contributed by atoms with Gasteiger partial charge in [-0.3, -0.25) is 0 Å². The Balaban J connectivity index is 4.36. The first-order chi connectivity index (χ1) is 8.40. The first kappa shape index (κ1) is 19.6. The van der Waals surface area contributed by atoms with Crippen molar-refractivity contribution in [2.45, 2.75) is 78.2 Å². The Morgan fingerprint density at radius 1 is 0.842 bits per heavy atom. The van der Waals surface area contributed by atoms with Crippen molar-refractivity contribution in [1.29, 1.82) is 0 Å². The molecule has 0 N–H and O–H groups in total. The fraction of sp³-hybridized carbons (Fsp3) is 1.00. The van der Waals surface area contributed by atoms with Crippen molar-refractivity contribution in [1.82, 2.24) is 4.23 Å². The van der Waals surface area contributed by atoms with Crippen molar-refractivity contribution in [2.75, 3.05) is 13.2 Å². The van der Waals surface area contributed by atoms with Gasteiger partial charge in [-0.15, -0.1) is 0 Å². The third kappa shape index (κ3) is 8.45. The van der Waals surface area contributed by atoms with Crippen LogP contribution in [0.3, 0.4) is 0 Å². The summed E-state index contributed by atoms with van der Waals surface area (Å²) in [6.45, 7) is 24.1. The maximum atomic E-state index is 6.07. The van der Waals surface area contributed by atoms with Gasteiger partial charge in [0.2, 0.25) is 0 Å². The van der Waals surface area contributed by atoms with Gasteiger partial charge in [0.05, 0.1) is 0 Å². The van der Waals surface area contributed by atoms with Gasteiger partial charge in [0.15, 0.2) is 8.32 Å². The summed E-state index contributed by atoms with van der Waals surface area (Å²) in [6, 6.07) is 1.30. The molecule has 19 heavy (non-hydrogen) atoms. The van der Waals surface area contributed by atoms with Crippen LogP contribution >= 0.6 is 0 Å². The van der Waals surface area contributed by atoms with Crippen molar-refractivity contribution in [2.24, 2.45) is 0 Å². The fourth-order valence-corrected chi connectivity index (χ4v) is 14.4. The Labute approximate surface area is 125 Å². The highest BCUT2D eigenvalue weighted by molar-refractivity contribution is 6.89. The molecule has 0 fully saturated rings. The second kappa shape index (κ2) is 7.54. The van der Waals surface area contributed by atoms with Gasteiger partial charge in [-0.1, -0.05) is 46.2 Å². The highest BCUT2D eigenvalue weighted by Crippen LogP contribution is 2.22. The largest absolute Gasteiger partial charge is 0.417 e. The Morgan fingerprint density at radius 2 is 1.32 bits per heavy atom. The van der Waals surface area contributed by atoms with E-state index in [-0.39, 0.29) is 0 Å². The van der Waals surface area contributed by atoms with Gasteiger partial charge in [0, 0.05) is 6.61 Å². The summed E-state index contributed by atoms with van der Waals surface area (Å²) in [7, 11) is -3.75. The molecule has 0 saturated heterocycles. The van der Waals surface area contributed by atoms with Crippen LogP contribution < -0.4 is 0 Å². The van der Waals surface area contributed by atoms with E-state index in [2.05, 4.69) is 63.5 Å². The van der Waals surface area contributed by atoms with Crippen LogP contribution in [0, 0.1) is 0 Å². The third-order valence-corrected chi connectivity index (χ3v) is 13.7. The van der Waals surface area contributed by atoms with Crippen LogP contribution in [0.5, 0.6) is 0 Å². The Hall–Kier alpha value is 0.571. The molecular formula is C14H37NOSi3. The minimum absolute atomic E-state index is 0.949. The zero-order valence-corrected chi connectivity index (χ0v) is 17.9. The highest BCUT2D eigenvalue weighted by atomic mass is 28.4. The van der Waals surface area contributed by atoms with Gasteiger partial charge in [-0.2, -0.15) is 0 Å². The SMILES string of the molecule is CCCO[Si](C)(C)CCCN([Si](C)(C)C)[Si](C)(C)C. The molecule has 0 rings (SSSR count). The molecule has 0 aromatic rings. The number of nitrogens with zero attached hydrogens (tertiary/aromatic N) is 1. The first-order valence-corrected chi connectivity index (χ1v) is 17.8. The van der Waals surface area contributed by atoms with Gasteiger partial charge in [-0.05, 0) is 38.5 Å². The molecule has 0 atom stereocenters. The van der Waals surface area contributed by atoms with E-state index in [9.17, 15) is 0 Å². The second-order valence-corrected chi connectivity index (χ2v) is 22.7. The molecule has 0 aromatic heterocycles. The van der Waals surface area contributed by atoms with Crippen molar-refractivity contribution in [3.63, 3.8) is 0 Å². The van der Waals surface area contributed by atoms with E-state index in [0.29, 0.717) is 0 Å². The van der Waals surface area contributed by atoms with Gasteiger partial charge in [0.25, 0.3) is 0 Å². The maximum absolute atomic E-state index is 6.07. The maximum Gasteiger partial charge on any atom is 0.186 e. The molecule has 0 radical (unpaired) electrons. The molecular weight excluding hydrogens is 282 g/mol. The van der Waals surface area contributed by atoms with E-state index in [1.54, 1.807) is 0 Å². The lowest BCUT2D eigenvalue weighted by Gasteiger charge is -2.44. The van der Waals surface area contributed by atoms with E-state index in [1.165, 1.54) is 19.0 Å². The zero-order valence-electron chi connectivity index (χ0n) is 14.9. The van der Waals surface area contributed by atoms with Gasteiger partial charge in [0.1, 0.15) is 16.5 Å². The standard InChI is InChI=1S/C14H37NOSi3/c1-10-13-16-19(8,9)14-11-12-15(17(2,3)4)18(5,6)7/h10-14H2,1-9H3. The number of hydrogen-bond donors (Lipinski definition) is 0. The predicted octanol–water partition coefficient (Wildman–Crippen LogP) is 4.98. The first-order valence-electron chi connectivity index (χ1n) is 7.82. The van der Waals surface area contributed by atoms with Crippen LogP contribution in [0.15, 0.2) is 0 Å². The Bertz CT molecular complexity index is 242. The summed E-state index contributed by atoms with van der Waals surface area (Å²) in [5.74, 6) is 0. The van der Waals surface area contributed by atoms with Crippen LogP contribution in [0.25, 0.3) is 0 Å². The summed E-state index contributed by atoms with van der Waals surface area (Å²) >= 11 is 0. The molecule has 0 amide bonds. The zero-order chi connectivity index (χ0) is 15.3. The van der Waals surface area contributed by atoms with E-state index < -0.39 is 24.8 Å². The Morgan fingerprint density at radius 3 is 1.68 bits per heavy atom. The molecule has 116 valence electrons. The average molecular weight is 320 g/mol. The van der Waals surface area contributed by atoms with Gasteiger partial charge in [-0.25, -0.2) is 0 Å². The van der Waals surface area contributed by atoms with E-state index >= 15 is 0 Å². The summed E-state index contributed by atoms with van der Waals surface area (Å²) in [5, 5.41) is 0. The lowest BCUT2D eigenvalue weighted by atomic mass is 10.5. The molecule has 0 saturated carbocycles. The van der Waals surface area contributed by atoms with Crippen molar-refractivity contribution in [3.05, 3.63) is 0 Å². The second-order valence-electron chi connectivity index (χ2n) is 8.20. The summed E-state index contributed by atoms with van der Waals surface area (Å²) in [6.07, 6.45) is 2.46. The monoisotopic (exact) mass is 319 g/mol. The quantitative estimate of drug-likeness (QED) is 0.556. The predicted molar refractivity (Wildman–Crippen MR) is 96.5 cm³/mol. The van der Waals surface area contributed by atoms with Crippen molar-refractivity contribution in [3.8, 4) is 0 Å². The van der Waals surface area contributed by atoms with Crippen LogP contribution in [0.1, 0.15) is 19.8 Å². The molecule has 0 aromatic carbocycles. The van der Waals surface area contributed by atoms with E-state index in [1.807, 2.05) is 0 Å². The molecule has 0 unspecified atom stereocenters. The molecule has 2 nitrogen and oxygen atoms in total. The molecule has 0 aliphatic rings. The van der Waals surface area contributed by atoms with E-state index in [0.717, 1.165) is 13.0 Å². The van der Waals surface area contributed by atoms with E-state index in [4.69, 9.17) is 4.43 Å². The molecule has 5 heteroatoms. The smallest absolute Gasteiger partial charge is 0.186 e. The lowest BCUT2D eigenvalue weighted by Crippen LogP contribution is -2.59. The fourth-order valence-electron chi connectivity index (χ4n) is 2.79. The highest BCUT2D eigenvalue weighted by Gasteiger charge is 2.34. The minimum atomic E-state index is -1.41. The van der Waals surface area contributed by atoms with Crippen molar-refractivity contribution < 1.29 is 4.43 Å². The van der Waals surface area contributed by atoms with Crippen molar-refractivity contribution >= 4 is 24.8 Å². The molecule has 0 bridgehead atoms. The molecule has 0 aliphatic heterocycles. The average Bonchev–Trinajstić information content (AvgIpc) is 2.18. The van der Waals surface area contributed by atoms with Crippen LogP contribution in [0.2, 0.25) is 58.4 Å². The van der Waals surface area contributed by atoms with Gasteiger partial charge < -0.3 is 8.66 Å². The Kier molecular flexibility index (Phi) is 7.77. The van der Waals surface area contributed by atoms with Gasteiger partial charge >= 0.3 is 0 Å². The normalized spacial score (nSPS) is 14.2. The lowest BCUT2D eigenvalue weighted by molar-refractivity contribution is 0.305. The number of hydrogen-bond acceptors (Lipinski definition) is 2. The third-order valence-electron chi connectivity index (χ3n) is 3.48. The summed E-state index contributed by atoms with van der Waals surface area (Å²) < 4.78 is 8.97. The minimum Gasteiger partial charge on any atom is -0.417 e.